The van der Waals surface area contributed by atoms with Gasteiger partial charge in [-0.25, -0.2) is 23.2 Å². The fourth-order valence-electron chi connectivity index (χ4n) is 3.18. The van der Waals surface area contributed by atoms with Crippen LogP contribution >= 0.6 is 0 Å². The number of anilines is 1. The molecule has 0 unspecified atom stereocenters. The van der Waals surface area contributed by atoms with Gasteiger partial charge in [-0.05, 0) is 39.7 Å². The van der Waals surface area contributed by atoms with Crippen molar-refractivity contribution in [1.29, 1.82) is 0 Å². The SMILES string of the molecule is CC(C)(C)OC(=O)NCc1cc(NC2CCC(F)(F)CC2)nc(-n2ccc(CO)n2)n1. The highest BCUT2D eigenvalue weighted by atomic mass is 19.3. The summed E-state index contributed by atoms with van der Waals surface area (Å²) < 4.78 is 33.6. The first kappa shape index (κ1) is 22.9. The number of rotatable bonds is 6. The zero-order chi connectivity index (χ0) is 22.6. The molecule has 1 saturated carbocycles. The Morgan fingerprint density at radius 1 is 1.29 bits per heavy atom. The number of alkyl carbamates (subject to hydrolysis) is 1. The van der Waals surface area contributed by atoms with E-state index in [1.165, 1.54) is 4.68 Å². The molecular formula is C20H28F2N6O3. The molecule has 0 atom stereocenters. The van der Waals surface area contributed by atoms with Gasteiger partial charge in [0.1, 0.15) is 11.4 Å². The molecule has 1 aliphatic carbocycles. The Hall–Kier alpha value is -2.82. The standard InChI is InChI=1S/C20H28F2N6O3/c1-19(2,3)31-18(30)23-11-15-10-16(24-13-4-7-20(21,22)8-5-13)26-17(25-15)28-9-6-14(12-29)27-28/h6,9-10,13,29H,4-5,7-8,11-12H2,1-3H3,(H,23,30)(H,24,25,26). The lowest BCUT2D eigenvalue weighted by Gasteiger charge is -2.29. The second kappa shape index (κ2) is 9.13. The van der Waals surface area contributed by atoms with Crippen LogP contribution in [0.25, 0.3) is 5.95 Å². The lowest BCUT2D eigenvalue weighted by Crippen LogP contribution is -2.33. The van der Waals surface area contributed by atoms with Crippen molar-refractivity contribution < 1.29 is 23.4 Å². The van der Waals surface area contributed by atoms with Gasteiger partial charge in [-0.15, -0.1) is 0 Å². The number of ether oxygens (including phenoxy) is 1. The van der Waals surface area contributed by atoms with Gasteiger partial charge in [-0.3, -0.25) is 0 Å². The van der Waals surface area contributed by atoms with Crippen LogP contribution in [0.4, 0.5) is 19.4 Å². The number of aliphatic hydroxyl groups excluding tert-OH is 1. The van der Waals surface area contributed by atoms with Gasteiger partial charge in [0.2, 0.25) is 5.92 Å². The molecule has 0 saturated heterocycles. The van der Waals surface area contributed by atoms with Gasteiger partial charge in [0.05, 0.1) is 24.5 Å². The second-order valence-electron chi connectivity index (χ2n) is 8.58. The van der Waals surface area contributed by atoms with Gasteiger partial charge in [-0.2, -0.15) is 10.1 Å². The van der Waals surface area contributed by atoms with Crippen LogP contribution < -0.4 is 10.6 Å². The first-order chi connectivity index (χ1) is 14.5. The maximum Gasteiger partial charge on any atom is 0.407 e. The Labute approximate surface area is 179 Å². The normalized spacial score (nSPS) is 16.7. The van der Waals surface area contributed by atoms with E-state index in [4.69, 9.17) is 4.74 Å². The monoisotopic (exact) mass is 438 g/mol. The van der Waals surface area contributed by atoms with E-state index in [0.717, 1.165) is 0 Å². The Kier molecular flexibility index (Phi) is 6.73. The highest BCUT2D eigenvalue weighted by Gasteiger charge is 2.35. The van der Waals surface area contributed by atoms with Crippen molar-refractivity contribution in [1.82, 2.24) is 25.1 Å². The van der Waals surface area contributed by atoms with E-state index < -0.39 is 17.6 Å². The first-order valence-corrected chi connectivity index (χ1v) is 10.2. The molecule has 0 bridgehead atoms. The third kappa shape index (κ3) is 6.84. The smallest absolute Gasteiger partial charge is 0.407 e. The third-order valence-electron chi connectivity index (χ3n) is 4.66. The molecule has 3 rings (SSSR count). The molecule has 0 spiro atoms. The largest absolute Gasteiger partial charge is 0.444 e. The van der Waals surface area contributed by atoms with Crippen LogP contribution in [0.5, 0.6) is 0 Å². The van der Waals surface area contributed by atoms with Crippen LogP contribution in [0, 0.1) is 0 Å². The van der Waals surface area contributed by atoms with Crippen molar-refractivity contribution in [3.63, 3.8) is 0 Å². The van der Waals surface area contributed by atoms with Crippen LogP contribution in [0.2, 0.25) is 0 Å². The van der Waals surface area contributed by atoms with Crippen molar-refractivity contribution in [3.05, 3.63) is 29.7 Å². The van der Waals surface area contributed by atoms with Crippen molar-refractivity contribution in [3.8, 4) is 5.95 Å². The summed E-state index contributed by atoms with van der Waals surface area (Å²) in [5.41, 5.74) is 0.303. The van der Waals surface area contributed by atoms with E-state index in [2.05, 4.69) is 25.7 Å². The number of carbonyl (C=O) groups excluding carboxylic acids is 1. The van der Waals surface area contributed by atoms with E-state index in [-0.39, 0.29) is 38.0 Å². The zero-order valence-corrected chi connectivity index (χ0v) is 17.9. The van der Waals surface area contributed by atoms with Gasteiger partial charge in [0.15, 0.2) is 0 Å². The average molecular weight is 438 g/mol. The molecule has 1 aliphatic rings. The number of halogens is 2. The number of amides is 1. The molecule has 31 heavy (non-hydrogen) atoms. The van der Waals surface area contributed by atoms with Gasteiger partial charge in [-0.1, -0.05) is 0 Å². The number of hydrogen-bond acceptors (Lipinski definition) is 7. The zero-order valence-electron chi connectivity index (χ0n) is 17.9. The Balaban J connectivity index is 1.78. The number of aromatic nitrogens is 4. The number of hydrogen-bond donors (Lipinski definition) is 3. The summed E-state index contributed by atoms with van der Waals surface area (Å²) in [5, 5.41) is 19.3. The van der Waals surface area contributed by atoms with Crippen LogP contribution in [-0.4, -0.2) is 48.5 Å². The summed E-state index contributed by atoms with van der Waals surface area (Å²) in [6.07, 6.45) is 1.33. The third-order valence-corrected chi connectivity index (χ3v) is 4.66. The van der Waals surface area contributed by atoms with Gasteiger partial charge >= 0.3 is 6.09 Å². The number of aliphatic hydroxyl groups is 1. The van der Waals surface area contributed by atoms with Crippen molar-refractivity contribution in [2.45, 2.75) is 77.2 Å². The lowest BCUT2D eigenvalue weighted by molar-refractivity contribution is -0.0361. The lowest BCUT2D eigenvalue weighted by atomic mass is 9.92. The summed E-state index contributed by atoms with van der Waals surface area (Å²) in [7, 11) is 0. The van der Waals surface area contributed by atoms with Crippen molar-refractivity contribution >= 4 is 11.9 Å². The number of nitrogens with zero attached hydrogens (tertiary/aromatic N) is 4. The number of carbonyl (C=O) groups is 1. The van der Waals surface area contributed by atoms with Crippen LogP contribution in [0.1, 0.15) is 57.8 Å². The quantitative estimate of drug-likeness (QED) is 0.635. The summed E-state index contributed by atoms with van der Waals surface area (Å²) in [6.45, 7) is 5.15. The molecule has 1 amide bonds. The summed E-state index contributed by atoms with van der Waals surface area (Å²) in [4.78, 5) is 20.8. The number of alkyl halides is 2. The second-order valence-corrected chi connectivity index (χ2v) is 8.58. The Morgan fingerprint density at radius 3 is 2.61 bits per heavy atom. The molecule has 3 N–H and O–H groups in total. The van der Waals surface area contributed by atoms with Crippen molar-refractivity contribution in [2.24, 2.45) is 0 Å². The Morgan fingerprint density at radius 2 is 2.00 bits per heavy atom. The molecule has 2 heterocycles. The highest BCUT2D eigenvalue weighted by molar-refractivity contribution is 5.67. The fourth-order valence-corrected chi connectivity index (χ4v) is 3.18. The summed E-state index contributed by atoms with van der Waals surface area (Å²) in [6, 6.07) is 3.15. The van der Waals surface area contributed by atoms with Gasteiger partial charge in [0.25, 0.3) is 5.95 Å². The predicted molar refractivity (Wildman–Crippen MR) is 109 cm³/mol. The molecule has 2 aromatic heterocycles. The molecule has 0 radical (unpaired) electrons. The van der Waals surface area contributed by atoms with E-state index in [1.54, 1.807) is 39.1 Å². The van der Waals surface area contributed by atoms with E-state index >= 15 is 0 Å². The average Bonchev–Trinajstić information content (AvgIpc) is 3.16. The minimum Gasteiger partial charge on any atom is -0.444 e. The van der Waals surface area contributed by atoms with Crippen LogP contribution in [0.3, 0.4) is 0 Å². The van der Waals surface area contributed by atoms with E-state index in [9.17, 15) is 18.7 Å². The van der Waals surface area contributed by atoms with Crippen LogP contribution in [0.15, 0.2) is 18.3 Å². The number of nitrogens with one attached hydrogen (secondary N) is 2. The topological polar surface area (TPSA) is 114 Å². The van der Waals surface area contributed by atoms with E-state index in [1.807, 2.05) is 0 Å². The van der Waals surface area contributed by atoms with E-state index in [0.29, 0.717) is 30.0 Å². The molecule has 1 fully saturated rings. The van der Waals surface area contributed by atoms with Gasteiger partial charge < -0.3 is 20.5 Å². The first-order valence-electron chi connectivity index (χ1n) is 10.2. The molecular weight excluding hydrogens is 410 g/mol. The molecule has 9 nitrogen and oxygen atoms in total. The minimum atomic E-state index is -2.62. The van der Waals surface area contributed by atoms with Crippen molar-refractivity contribution in [2.75, 3.05) is 5.32 Å². The molecule has 11 heteroatoms. The maximum atomic E-state index is 13.5. The molecule has 0 aliphatic heterocycles. The minimum absolute atomic E-state index is 0.0793. The predicted octanol–water partition coefficient (Wildman–Crippen LogP) is 3.17. The van der Waals surface area contributed by atoms with Crippen LogP contribution in [-0.2, 0) is 17.9 Å². The van der Waals surface area contributed by atoms with Gasteiger partial charge in [0, 0.05) is 31.1 Å². The fraction of sp³-hybridized carbons (Fsp3) is 0.600. The summed E-state index contributed by atoms with van der Waals surface area (Å²) >= 11 is 0. The Bertz CT molecular complexity index is 903. The molecule has 0 aromatic carbocycles. The molecule has 170 valence electrons. The molecule has 2 aromatic rings. The summed E-state index contributed by atoms with van der Waals surface area (Å²) in [5.74, 6) is -1.94. The maximum absolute atomic E-state index is 13.5. The highest BCUT2D eigenvalue weighted by Crippen LogP contribution is 2.34.